The van der Waals surface area contributed by atoms with Crippen LogP contribution in [0, 0.1) is 0 Å². The number of aryl methyl sites for hydroxylation is 2. The van der Waals surface area contributed by atoms with E-state index >= 15 is 0 Å². The van der Waals surface area contributed by atoms with Crippen molar-refractivity contribution in [3.63, 3.8) is 0 Å². The molecule has 0 atom stereocenters. The molecular weight excluding hydrogens is 294 g/mol. The van der Waals surface area contributed by atoms with Gasteiger partial charge in [-0.1, -0.05) is 24.3 Å². The molecule has 1 heterocycles. The molecule has 1 aliphatic carbocycles. The Bertz CT molecular complexity index is 650. The average molecular weight is 315 g/mol. The second-order valence-electron chi connectivity index (χ2n) is 5.69. The summed E-state index contributed by atoms with van der Waals surface area (Å²) in [5, 5.41) is 2.62. The van der Waals surface area contributed by atoms with E-state index in [2.05, 4.69) is 24.3 Å². The normalized spacial score (nSPS) is 15.1. The number of carbonyl (C=O) groups is 1. The van der Waals surface area contributed by atoms with Crippen LogP contribution in [0.1, 0.15) is 52.7 Å². The minimum Gasteiger partial charge on any atom is -0.462 e. The quantitative estimate of drug-likeness (QED) is 0.683. The van der Waals surface area contributed by atoms with E-state index < -0.39 is 0 Å². The Morgan fingerprint density at radius 1 is 1.27 bits per heavy atom. The molecular formula is C18H21NO2S. The number of esters is 1. The van der Waals surface area contributed by atoms with Crippen LogP contribution in [-0.2, 0) is 17.6 Å². The van der Waals surface area contributed by atoms with Crippen molar-refractivity contribution >= 4 is 22.3 Å². The van der Waals surface area contributed by atoms with Gasteiger partial charge in [0.1, 0.15) is 5.00 Å². The number of nitrogen functional groups attached to an aromatic ring is 1. The maximum atomic E-state index is 12.2. The van der Waals surface area contributed by atoms with Crippen LogP contribution >= 0.6 is 11.3 Å². The molecule has 2 N–H and O–H groups in total. The summed E-state index contributed by atoms with van der Waals surface area (Å²) in [6.07, 6.45) is 4.22. The zero-order valence-electron chi connectivity index (χ0n) is 12.8. The standard InChI is InChI=1S/C18H21NO2S/c1-2-21-18(20)16-15(11-22-17(16)19)14-9-7-12-5-3-4-6-13(12)8-10-14/h3-6,11,14H,2,7-10,19H2,1H3. The first-order chi connectivity index (χ1) is 10.7. The lowest BCUT2D eigenvalue weighted by molar-refractivity contribution is 0.0526. The summed E-state index contributed by atoms with van der Waals surface area (Å²) in [5.74, 6) is 0.0957. The number of fused-ring (bicyclic) bond motifs is 1. The van der Waals surface area contributed by atoms with Gasteiger partial charge in [0.15, 0.2) is 0 Å². The number of anilines is 1. The summed E-state index contributed by atoms with van der Waals surface area (Å²) in [6.45, 7) is 2.20. The molecule has 0 bridgehead atoms. The third-order valence-corrected chi connectivity index (χ3v) is 5.24. The van der Waals surface area contributed by atoms with Gasteiger partial charge >= 0.3 is 5.97 Å². The van der Waals surface area contributed by atoms with Gasteiger partial charge in [-0.15, -0.1) is 11.3 Å². The molecule has 1 aromatic carbocycles. The number of nitrogens with two attached hydrogens (primary N) is 1. The van der Waals surface area contributed by atoms with Gasteiger partial charge in [-0.3, -0.25) is 0 Å². The molecule has 0 unspecified atom stereocenters. The van der Waals surface area contributed by atoms with Crippen LogP contribution in [0.3, 0.4) is 0 Å². The molecule has 0 amide bonds. The fraction of sp³-hybridized carbons (Fsp3) is 0.389. The Morgan fingerprint density at radius 2 is 1.91 bits per heavy atom. The molecule has 0 fully saturated rings. The lowest BCUT2D eigenvalue weighted by Crippen LogP contribution is -2.11. The zero-order valence-corrected chi connectivity index (χ0v) is 13.6. The fourth-order valence-electron chi connectivity index (χ4n) is 3.27. The van der Waals surface area contributed by atoms with Crippen molar-refractivity contribution in [1.82, 2.24) is 0 Å². The van der Waals surface area contributed by atoms with E-state index in [-0.39, 0.29) is 5.97 Å². The average Bonchev–Trinajstić information content (AvgIpc) is 2.78. The predicted molar refractivity (Wildman–Crippen MR) is 90.5 cm³/mol. The highest BCUT2D eigenvalue weighted by Gasteiger charge is 2.26. The maximum Gasteiger partial charge on any atom is 0.341 e. The van der Waals surface area contributed by atoms with Crippen molar-refractivity contribution in [3.05, 3.63) is 51.9 Å². The van der Waals surface area contributed by atoms with Crippen LogP contribution in [0.4, 0.5) is 5.00 Å². The van der Waals surface area contributed by atoms with Crippen LogP contribution in [-0.4, -0.2) is 12.6 Å². The van der Waals surface area contributed by atoms with Gasteiger partial charge in [0.05, 0.1) is 12.2 Å². The molecule has 116 valence electrons. The van der Waals surface area contributed by atoms with Crippen LogP contribution in [0.25, 0.3) is 0 Å². The minimum absolute atomic E-state index is 0.280. The number of hydrogen-bond donors (Lipinski definition) is 1. The largest absolute Gasteiger partial charge is 0.462 e. The lowest BCUT2D eigenvalue weighted by Gasteiger charge is -2.15. The van der Waals surface area contributed by atoms with Crippen LogP contribution in [0.2, 0.25) is 0 Å². The molecule has 3 rings (SSSR count). The second kappa shape index (κ2) is 6.53. The number of hydrogen-bond acceptors (Lipinski definition) is 4. The summed E-state index contributed by atoms with van der Waals surface area (Å²) in [7, 11) is 0. The van der Waals surface area contributed by atoms with E-state index in [1.807, 2.05) is 12.3 Å². The van der Waals surface area contributed by atoms with Crippen LogP contribution < -0.4 is 5.73 Å². The molecule has 2 aromatic rings. The smallest absolute Gasteiger partial charge is 0.341 e. The minimum atomic E-state index is -0.280. The predicted octanol–water partition coefficient (Wildman–Crippen LogP) is 4.17. The number of thiophene rings is 1. The lowest BCUT2D eigenvalue weighted by atomic mass is 9.90. The van der Waals surface area contributed by atoms with Crippen molar-refractivity contribution < 1.29 is 9.53 Å². The van der Waals surface area contributed by atoms with Gasteiger partial charge in [-0.05, 0) is 60.6 Å². The van der Waals surface area contributed by atoms with E-state index in [0.717, 1.165) is 31.2 Å². The molecule has 4 heteroatoms. The van der Waals surface area contributed by atoms with Gasteiger partial charge < -0.3 is 10.5 Å². The first-order valence-corrected chi connectivity index (χ1v) is 8.69. The summed E-state index contributed by atoms with van der Waals surface area (Å²) in [6, 6.07) is 8.63. The zero-order chi connectivity index (χ0) is 15.5. The molecule has 0 saturated carbocycles. The third kappa shape index (κ3) is 2.88. The van der Waals surface area contributed by atoms with Gasteiger partial charge in [-0.25, -0.2) is 4.79 Å². The molecule has 3 nitrogen and oxygen atoms in total. The molecule has 0 radical (unpaired) electrons. The van der Waals surface area contributed by atoms with Crippen molar-refractivity contribution in [3.8, 4) is 0 Å². The number of ether oxygens (including phenoxy) is 1. The maximum absolute atomic E-state index is 12.2. The van der Waals surface area contributed by atoms with Crippen LogP contribution in [0.5, 0.6) is 0 Å². The first kappa shape index (κ1) is 15.1. The van der Waals surface area contributed by atoms with E-state index in [0.29, 0.717) is 23.1 Å². The van der Waals surface area contributed by atoms with Gasteiger partial charge in [-0.2, -0.15) is 0 Å². The Kier molecular flexibility index (Phi) is 4.48. The third-order valence-electron chi connectivity index (χ3n) is 4.41. The summed E-state index contributed by atoms with van der Waals surface area (Å²) in [5.41, 5.74) is 10.6. The topological polar surface area (TPSA) is 52.3 Å². The van der Waals surface area contributed by atoms with Crippen molar-refractivity contribution in [1.29, 1.82) is 0 Å². The molecule has 22 heavy (non-hydrogen) atoms. The molecule has 1 aliphatic rings. The number of rotatable bonds is 3. The van der Waals surface area contributed by atoms with Gasteiger partial charge in [0.2, 0.25) is 0 Å². The van der Waals surface area contributed by atoms with Gasteiger partial charge in [0.25, 0.3) is 0 Å². The summed E-state index contributed by atoms with van der Waals surface area (Å²) < 4.78 is 5.18. The van der Waals surface area contributed by atoms with E-state index in [1.165, 1.54) is 22.5 Å². The Labute approximate surface area is 135 Å². The highest BCUT2D eigenvalue weighted by molar-refractivity contribution is 7.14. The van der Waals surface area contributed by atoms with Crippen LogP contribution in [0.15, 0.2) is 29.6 Å². The van der Waals surface area contributed by atoms with Crippen molar-refractivity contribution in [2.24, 2.45) is 0 Å². The van der Waals surface area contributed by atoms with Gasteiger partial charge in [0, 0.05) is 0 Å². The second-order valence-corrected chi connectivity index (χ2v) is 6.60. The molecule has 0 aliphatic heterocycles. The number of benzene rings is 1. The molecule has 1 aromatic heterocycles. The molecule has 0 spiro atoms. The molecule has 0 saturated heterocycles. The summed E-state index contributed by atoms with van der Waals surface area (Å²) in [4.78, 5) is 12.2. The van der Waals surface area contributed by atoms with E-state index in [1.54, 1.807) is 0 Å². The monoisotopic (exact) mass is 315 g/mol. The Morgan fingerprint density at radius 3 is 2.50 bits per heavy atom. The Balaban J connectivity index is 1.86. The Hall–Kier alpha value is -1.81. The SMILES string of the molecule is CCOC(=O)c1c(C2CCc3ccccc3CC2)csc1N. The number of carbonyl (C=O) groups excluding carboxylic acids is 1. The van der Waals surface area contributed by atoms with Crippen molar-refractivity contribution in [2.75, 3.05) is 12.3 Å². The summed E-state index contributed by atoms with van der Waals surface area (Å²) >= 11 is 1.45. The first-order valence-electron chi connectivity index (χ1n) is 7.81. The highest BCUT2D eigenvalue weighted by atomic mass is 32.1. The van der Waals surface area contributed by atoms with Crippen molar-refractivity contribution in [2.45, 2.75) is 38.5 Å². The van der Waals surface area contributed by atoms with E-state index in [4.69, 9.17) is 10.5 Å². The van der Waals surface area contributed by atoms with E-state index in [9.17, 15) is 4.79 Å². The fourth-order valence-corrected chi connectivity index (χ4v) is 4.15. The highest BCUT2D eigenvalue weighted by Crippen LogP contribution is 2.38.